The average molecular weight is 392 g/mol. The third-order valence-corrected chi connectivity index (χ3v) is 5.43. The van der Waals surface area contributed by atoms with E-state index in [0.29, 0.717) is 36.1 Å². The Balaban J connectivity index is 1.33. The van der Waals surface area contributed by atoms with Crippen LogP contribution in [0, 0.1) is 0 Å². The van der Waals surface area contributed by atoms with Gasteiger partial charge in [-0.3, -0.25) is 9.59 Å². The average Bonchev–Trinajstić information content (AvgIpc) is 3.44. The minimum absolute atomic E-state index is 0.170. The maximum absolute atomic E-state index is 12.6. The zero-order valence-electron chi connectivity index (χ0n) is 15.9. The van der Waals surface area contributed by atoms with Gasteiger partial charge in [-0.25, -0.2) is 4.68 Å². The molecule has 1 aromatic carbocycles. The number of para-hydroxylation sites is 1. The van der Waals surface area contributed by atoms with Gasteiger partial charge >= 0.3 is 0 Å². The number of ether oxygens (including phenoxy) is 1. The number of hydrogen-bond acceptors (Lipinski definition) is 6. The van der Waals surface area contributed by atoms with Crippen LogP contribution in [0.2, 0.25) is 0 Å². The molecule has 3 aromatic rings. The molecule has 5 rings (SSSR count). The molecule has 29 heavy (non-hydrogen) atoms. The van der Waals surface area contributed by atoms with E-state index in [1.54, 1.807) is 24.1 Å². The van der Waals surface area contributed by atoms with Gasteiger partial charge in [-0.2, -0.15) is 5.10 Å². The summed E-state index contributed by atoms with van der Waals surface area (Å²) in [4.78, 5) is 26.6. The number of methoxy groups -OCH3 is 1. The Bertz CT molecular complexity index is 1130. The van der Waals surface area contributed by atoms with E-state index in [1.165, 1.54) is 10.7 Å². The highest BCUT2D eigenvalue weighted by Gasteiger charge is 2.36. The molecule has 1 aliphatic carbocycles. The molecule has 2 fully saturated rings. The molecule has 0 radical (unpaired) electrons. The lowest BCUT2D eigenvalue weighted by molar-refractivity contribution is 0.0483. The van der Waals surface area contributed by atoms with Crippen molar-refractivity contribution >= 4 is 5.91 Å². The second kappa shape index (κ2) is 6.88. The van der Waals surface area contributed by atoms with E-state index >= 15 is 0 Å². The van der Waals surface area contributed by atoms with Crippen molar-refractivity contribution < 1.29 is 14.1 Å². The molecule has 1 amide bonds. The number of nitrogens with zero attached hydrogens (tertiary/aromatic N) is 4. The highest BCUT2D eigenvalue weighted by molar-refractivity contribution is 5.92. The number of amides is 1. The molecule has 1 aliphatic heterocycles. The van der Waals surface area contributed by atoms with Crippen LogP contribution in [0.4, 0.5) is 0 Å². The molecule has 1 saturated heterocycles. The summed E-state index contributed by atoms with van der Waals surface area (Å²) < 4.78 is 12.1. The van der Waals surface area contributed by atoms with E-state index in [1.807, 2.05) is 24.3 Å². The van der Waals surface area contributed by atoms with Gasteiger partial charge in [0.25, 0.3) is 11.5 Å². The molecular formula is C21H20N4O4. The number of benzene rings is 1. The Morgan fingerprint density at radius 3 is 2.72 bits per heavy atom. The van der Waals surface area contributed by atoms with Gasteiger partial charge in [0, 0.05) is 36.7 Å². The van der Waals surface area contributed by atoms with Crippen LogP contribution in [-0.2, 0) is 0 Å². The molecule has 1 saturated carbocycles. The summed E-state index contributed by atoms with van der Waals surface area (Å²) in [6.45, 7) is 0.819. The molecule has 2 aromatic heterocycles. The first-order valence-corrected chi connectivity index (χ1v) is 9.63. The summed E-state index contributed by atoms with van der Waals surface area (Å²) in [7, 11) is 1.60. The number of aromatic nitrogens is 3. The van der Waals surface area contributed by atoms with Gasteiger partial charge in [-0.05, 0) is 31.0 Å². The minimum atomic E-state index is -0.196. The van der Waals surface area contributed by atoms with Crippen LogP contribution in [0.5, 0.6) is 5.75 Å². The molecule has 148 valence electrons. The van der Waals surface area contributed by atoms with E-state index < -0.39 is 0 Å². The van der Waals surface area contributed by atoms with Gasteiger partial charge < -0.3 is 14.2 Å². The van der Waals surface area contributed by atoms with E-state index in [-0.39, 0.29) is 17.5 Å². The van der Waals surface area contributed by atoms with Gasteiger partial charge in [0.05, 0.1) is 18.8 Å². The third-order valence-electron chi connectivity index (χ3n) is 5.43. The van der Waals surface area contributed by atoms with Crippen molar-refractivity contribution in [3.63, 3.8) is 0 Å². The number of carbonyl (C=O) groups is 1. The molecule has 8 nitrogen and oxygen atoms in total. The predicted octanol–water partition coefficient (Wildman–Crippen LogP) is 2.48. The van der Waals surface area contributed by atoms with Gasteiger partial charge in [-0.1, -0.05) is 17.3 Å². The normalized spacial score (nSPS) is 16.5. The SMILES string of the molecule is COc1ccccc1-c1ccc(=O)n(C2CN(C(=O)c3cc(C4CC4)on3)C2)n1. The van der Waals surface area contributed by atoms with Gasteiger partial charge in [0.1, 0.15) is 11.5 Å². The number of rotatable bonds is 5. The second-order valence-corrected chi connectivity index (χ2v) is 7.45. The van der Waals surface area contributed by atoms with E-state index in [4.69, 9.17) is 9.26 Å². The van der Waals surface area contributed by atoms with Crippen LogP contribution in [0.15, 0.2) is 51.8 Å². The third kappa shape index (κ3) is 3.20. The number of carbonyl (C=O) groups excluding carboxylic acids is 1. The van der Waals surface area contributed by atoms with Gasteiger partial charge in [0.2, 0.25) is 0 Å². The number of likely N-dealkylation sites (tertiary alicyclic amines) is 1. The fourth-order valence-electron chi connectivity index (χ4n) is 3.57. The Morgan fingerprint density at radius 2 is 1.97 bits per heavy atom. The van der Waals surface area contributed by atoms with Crippen molar-refractivity contribution in [3.05, 3.63) is 64.3 Å². The molecule has 0 N–H and O–H groups in total. The highest BCUT2D eigenvalue weighted by Crippen LogP contribution is 2.40. The molecule has 8 heteroatoms. The topological polar surface area (TPSA) is 90.5 Å². The quantitative estimate of drug-likeness (QED) is 0.663. The minimum Gasteiger partial charge on any atom is -0.496 e. The lowest BCUT2D eigenvalue weighted by Crippen LogP contribution is -2.53. The molecular weight excluding hydrogens is 372 g/mol. The molecule has 0 atom stereocenters. The zero-order chi connectivity index (χ0) is 20.0. The first kappa shape index (κ1) is 17.7. The maximum atomic E-state index is 12.6. The summed E-state index contributed by atoms with van der Waals surface area (Å²) >= 11 is 0. The van der Waals surface area contributed by atoms with Crippen LogP contribution in [0.1, 0.15) is 41.1 Å². The molecule has 0 unspecified atom stereocenters. The van der Waals surface area contributed by atoms with Crippen LogP contribution < -0.4 is 10.3 Å². The Labute approximate surface area is 166 Å². The smallest absolute Gasteiger partial charge is 0.276 e. The Kier molecular flexibility index (Phi) is 4.19. The van der Waals surface area contributed by atoms with Crippen molar-refractivity contribution in [2.24, 2.45) is 0 Å². The first-order valence-electron chi connectivity index (χ1n) is 9.63. The summed E-state index contributed by atoms with van der Waals surface area (Å²) in [5.41, 5.74) is 1.59. The highest BCUT2D eigenvalue weighted by atomic mass is 16.5. The van der Waals surface area contributed by atoms with Crippen LogP contribution >= 0.6 is 0 Å². The van der Waals surface area contributed by atoms with Crippen molar-refractivity contribution in [1.29, 1.82) is 0 Å². The van der Waals surface area contributed by atoms with Gasteiger partial charge in [0.15, 0.2) is 5.69 Å². The molecule has 2 aliphatic rings. The lowest BCUT2D eigenvalue weighted by atomic mass is 10.1. The largest absolute Gasteiger partial charge is 0.496 e. The fraction of sp³-hybridized carbons (Fsp3) is 0.333. The first-order chi connectivity index (χ1) is 14.1. The van der Waals surface area contributed by atoms with Crippen molar-refractivity contribution in [3.8, 4) is 17.0 Å². The maximum Gasteiger partial charge on any atom is 0.276 e. The van der Waals surface area contributed by atoms with Gasteiger partial charge in [-0.15, -0.1) is 0 Å². The van der Waals surface area contributed by atoms with E-state index in [0.717, 1.165) is 24.2 Å². The predicted molar refractivity (Wildman–Crippen MR) is 104 cm³/mol. The number of hydrogen-bond donors (Lipinski definition) is 0. The van der Waals surface area contributed by atoms with E-state index in [9.17, 15) is 9.59 Å². The Morgan fingerprint density at radius 1 is 1.17 bits per heavy atom. The summed E-state index contributed by atoms with van der Waals surface area (Å²) in [5, 5.41) is 8.43. The molecule has 3 heterocycles. The molecule has 0 bridgehead atoms. The second-order valence-electron chi connectivity index (χ2n) is 7.45. The van der Waals surface area contributed by atoms with Crippen LogP contribution in [-0.4, -0.2) is 45.9 Å². The van der Waals surface area contributed by atoms with Crippen LogP contribution in [0.25, 0.3) is 11.3 Å². The van der Waals surface area contributed by atoms with E-state index in [2.05, 4.69) is 10.3 Å². The standard InChI is InChI=1S/C21H20N4O4/c1-28-18-5-3-2-4-15(18)16-8-9-20(26)25(22-16)14-11-24(12-14)21(27)17-10-19(29-23-17)13-6-7-13/h2-5,8-10,13-14H,6-7,11-12H2,1H3. The van der Waals surface area contributed by atoms with Crippen LogP contribution in [0.3, 0.4) is 0 Å². The fourth-order valence-corrected chi connectivity index (χ4v) is 3.57. The summed E-state index contributed by atoms with van der Waals surface area (Å²) in [6.07, 6.45) is 2.18. The van der Waals surface area contributed by atoms with Crippen molar-refractivity contribution in [1.82, 2.24) is 19.8 Å². The zero-order valence-corrected chi connectivity index (χ0v) is 15.9. The monoisotopic (exact) mass is 392 g/mol. The molecule has 0 spiro atoms. The summed E-state index contributed by atoms with van der Waals surface area (Å²) in [5.74, 6) is 1.71. The summed E-state index contributed by atoms with van der Waals surface area (Å²) in [6, 6.07) is 12.3. The Hall–Kier alpha value is -3.42. The van der Waals surface area contributed by atoms with Crippen molar-refractivity contribution in [2.75, 3.05) is 20.2 Å². The van der Waals surface area contributed by atoms with Crippen molar-refractivity contribution in [2.45, 2.75) is 24.8 Å². The lowest BCUT2D eigenvalue weighted by Gasteiger charge is -2.38.